The molecule has 0 saturated carbocycles. The van der Waals surface area contributed by atoms with Gasteiger partial charge in [-0.05, 0) is 19.1 Å². The summed E-state index contributed by atoms with van der Waals surface area (Å²) in [6.45, 7) is 3.74. The van der Waals surface area contributed by atoms with Gasteiger partial charge in [-0.1, -0.05) is 19.1 Å². The highest BCUT2D eigenvalue weighted by molar-refractivity contribution is 7.92. The standard InChI is InChI=1S/C12H20N2O5S2/c1-4-14(10(2)9-19-3)21(17,18)12-8-6-5-7-11(12)20(13,15)16/h5-8,10H,4,9H2,1-3H3,(H2,13,15,16). The van der Waals surface area contributed by atoms with Crippen molar-refractivity contribution < 1.29 is 21.6 Å². The van der Waals surface area contributed by atoms with Crippen molar-refractivity contribution in [3.8, 4) is 0 Å². The summed E-state index contributed by atoms with van der Waals surface area (Å²) < 4.78 is 54.7. The maximum absolute atomic E-state index is 12.7. The van der Waals surface area contributed by atoms with Gasteiger partial charge in [0, 0.05) is 19.7 Å². The van der Waals surface area contributed by atoms with Gasteiger partial charge in [0.1, 0.15) is 9.79 Å². The highest BCUT2D eigenvalue weighted by Gasteiger charge is 2.32. The zero-order valence-electron chi connectivity index (χ0n) is 12.2. The van der Waals surface area contributed by atoms with E-state index in [1.165, 1.54) is 35.7 Å². The SMILES string of the molecule is CCN(C(C)COC)S(=O)(=O)c1ccccc1S(N)(=O)=O. The minimum Gasteiger partial charge on any atom is -0.383 e. The number of rotatable bonds is 7. The number of hydrogen-bond donors (Lipinski definition) is 1. The van der Waals surface area contributed by atoms with Gasteiger partial charge in [-0.25, -0.2) is 22.0 Å². The fraction of sp³-hybridized carbons (Fsp3) is 0.500. The molecule has 120 valence electrons. The Balaban J connectivity index is 3.44. The Bertz CT molecular complexity index is 685. The van der Waals surface area contributed by atoms with Gasteiger partial charge in [-0.3, -0.25) is 0 Å². The lowest BCUT2D eigenvalue weighted by Gasteiger charge is -2.27. The number of methoxy groups -OCH3 is 1. The van der Waals surface area contributed by atoms with Crippen LogP contribution in [0.3, 0.4) is 0 Å². The molecule has 0 aromatic heterocycles. The maximum atomic E-state index is 12.7. The topological polar surface area (TPSA) is 107 Å². The second kappa shape index (κ2) is 6.84. The van der Waals surface area contributed by atoms with Crippen LogP contribution in [-0.2, 0) is 24.8 Å². The van der Waals surface area contributed by atoms with Gasteiger partial charge in [0.2, 0.25) is 20.0 Å². The fourth-order valence-corrected chi connectivity index (χ4v) is 5.05. The number of benzene rings is 1. The Morgan fingerprint density at radius 1 is 1.19 bits per heavy atom. The second-order valence-corrected chi connectivity index (χ2v) is 7.89. The third-order valence-electron chi connectivity index (χ3n) is 2.95. The van der Waals surface area contributed by atoms with Crippen LogP contribution in [-0.4, -0.2) is 47.4 Å². The predicted molar refractivity (Wildman–Crippen MR) is 78.7 cm³/mol. The van der Waals surface area contributed by atoms with E-state index in [1.54, 1.807) is 13.8 Å². The molecule has 0 aliphatic heterocycles. The molecule has 0 saturated heterocycles. The molecule has 0 fully saturated rings. The summed E-state index contributed by atoms with van der Waals surface area (Å²) in [4.78, 5) is -0.731. The molecule has 1 aromatic rings. The van der Waals surface area contributed by atoms with E-state index in [0.717, 1.165) is 0 Å². The van der Waals surface area contributed by atoms with Gasteiger partial charge in [0.25, 0.3) is 0 Å². The Morgan fingerprint density at radius 3 is 2.14 bits per heavy atom. The van der Waals surface area contributed by atoms with E-state index in [2.05, 4.69) is 0 Å². The molecule has 1 rings (SSSR count). The van der Waals surface area contributed by atoms with E-state index in [4.69, 9.17) is 9.88 Å². The molecule has 0 aliphatic carbocycles. The van der Waals surface area contributed by atoms with E-state index in [0.29, 0.717) is 0 Å². The van der Waals surface area contributed by atoms with Gasteiger partial charge in [0.15, 0.2) is 0 Å². The molecule has 1 unspecified atom stereocenters. The minimum atomic E-state index is -4.13. The van der Waals surface area contributed by atoms with Gasteiger partial charge in [0.05, 0.1) is 6.61 Å². The van der Waals surface area contributed by atoms with E-state index >= 15 is 0 Å². The number of nitrogens with two attached hydrogens (primary N) is 1. The average molecular weight is 336 g/mol. The first-order valence-corrected chi connectivity index (χ1v) is 9.27. The van der Waals surface area contributed by atoms with Crippen molar-refractivity contribution in [1.82, 2.24) is 4.31 Å². The smallest absolute Gasteiger partial charge is 0.244 e. The van der Waals surface area contributed by atoms with Crippen molar-refractivity contribution in [2.75, 3.05) is 20.3 Å². The molecule has 9 heteroatoms. The fourth-order valence-electron chi connectivity index (χ4n) is 2.07. The molecular formula is C12H20N2O5S2. The summed E-state index contributed by atoms with van der Waals surface area (Å²) >= 11 is 0. The first-order chi connectivity index (χ1) is 9.66. The summed E-state index contributed by atoms with van der Waals surface area (Å²) in [5.41, 5.74) is 0. The van der Waals surface area contributed by atoms with E-state index in [9.17, 15) is 16.8 Å². The van der Waals surface area contributed by atoms with Crippen molar-refractivity contribution >= 4 is 20.0 Å². The lowest BCUT2D eigenvalue weighted by atomic mass is 10.3. The maximum Gasteiger partial charge on any atom is 0.244 e. The Hall–Kier alpha value is -1.00. The summed E-state index contributed by atoms with van der Waals surface area (Å²) in [6, 6.07) is 4.86. The van der Waals surface area contributed by atoms with E-state index < -0.39 is 31.0 Å². The highest BCUT2D eigenvalue weighted by Crippen LogP contribution is 2.24. The summed E-state index contributed by atoms with van der Waals surface area (Å²) in [7, 11) is -6.66. The summed E-state index contributed by atoms with van der Waals surface area (Å²) in [6.07, 6.45) is 0. The molecule has 0 spiro atoms. The zero-order chi connectivity index (χ0) is 16.3. The molecule has 0 aliphatic rings. The molecule has 2 N–H and O–H groups in total. The lowest BCUT2D eigenvalue weighted by Crippen LogP contribution is -2.41. The summed E-state index contributed by atoms with van der Waals surface area (Å²) in [5.74, 6) is 0. The average Bonchev–Trinajstić information content (AvgIpc) is 2.38. The van der Waals surface area contributed by atoms with Crippen molar-refractivity contribution in [3.63, 3.8) is 0 Å². The Morgan fingerprint density at radius 2 is 1.71 bits per heavy atom. The lowest BCUT2D eigenvalue weighted by molar-refractivity contribution is 0.142. The molecule has 0 bridgehead atoms. The van der Waals surface area contributed by atoms with Crippen LogP contribution in [0.25, 0.3) is 0 Å². The zero-order valence-corrected chi connectivity index (χ0v) is 13.8. The molecular weight excluding hydrogens is 316 g/mol. The van der Waals surface area contributed by atoms with Crippen molar-refractivity contribution in [3.05, 3.63) is 24.3 Å². The van der Waals surface area contributed by atoms with Crippen LogP contribution >= 0.6 is 0 Å². The molecule has 21 heavy (non-hydrogen) atoms. The number of sulfonamides is 2. The van der Waals surface area contributed by atoms with Crippen molar-refractivity contribution in [2.45, 2.75) is 29.7 Å². The second-order valence-electron chi connectivity index (χ2n) is 4.50. The van der Waals surface area contributed by atoms with E-state index in [1.807, 2.05) is 0 Å². The van der Waals surface area contributed by atoms with Gasteiger partial charge >= 0.3 is 0 Å². The normalized spacial score (nSPS) is 14.3. The van der Waals surface area contributed by atoms with Crippen LogP contribution < -0.4 is 5.14 Å². The van der Waals surface area contributed by atoms with Crippen LogP contribution in [0.5, 0.6) is 0 Å². The van der Waals surface area contributed by atoms with Gasteiger partial charge in [-0.15, -0.1) is 0 Å². The minimum absolute atomic E-state index is 0.186. The van der Waals surface area contributed by atoms with Crippen LogP contribution in [0.1, 0.15) is 13.8 Å². The van der Waals surface area contributed by atoms with Crippen molar-refractivity contribution in [1.29, 1.82) is 0 Å². The monoisotopic (exact) mass is 336 g/mol. The van der Waals surface area contributed by atoms with E-state index in [-0.39, 0.29) is 18.0 Å². The number of primary sulfonamides is 1. The van der Waals surface area contributed by atoms with Gasteiger partial charge in [-0.2, -0.15) is 4.31 Å². The van der Waals surface area contributed by atoms with Crippen molar-refractivity contribution in [2.24, 2.45) is 5.14 Å². The number of nitrogens with zero attached hydrogens (tertiary/aromatic N) is 1. The van der Waals surface area contributed by atoms with Crippen LogP contribution in [0, 0.1) is 0 Å². The van der Waals surface area contributed by atoms with Crippen LogP contribution in [0.2, 0.25) is 0 Å². The van der Waals surface area contributed by atoms with Crippen LogP contribution in [0.4, 0.5) is 0 Å². The van der Waals surface area contributed by atoms with Gasteiger partial charge < -0.3 is 4.74 Å². The molecule has 0 heterocycles. The molecule has 0 amide bonds. The number of ether oxygens (including phenoxy) is 1. The Kier molecular flexibility index (Phi) is 5.88. The highest BCUT2D eigenvalue weighted by atomic mass is 32.2. The third-order valence-corrected chi connectivity index (χ3v) is 6.20. The summed E-state index contributed by atoms with van der Waals surface area (Å²) in [5, 5.41) is 5.10. The first-order valence-electron chi connectivity index (χ1n) is 6.28. The number of hydrogen-bond acceptors (Lipinski definition) is 5. The molecule has 1 aromatic carbocycles. The third kappa shape index (κ3) is 4.01. The largest absolute Gasteiger partial charge is 0.383 e. The molecule has 7 nitrogen and oxygen atoms in total. The van der Waals surface area contributed by atoms with Crippen LogP contribution in [0.15, 0.2) is 34.1 Å². The quantitative estimate of drug-likeness (QED) is 0.774. The first kappa shape index (κ1) is 18.1. The predicted octanol–water partition coefficient (Wildman–Crippen LogP) is 0.380. The molecule has 0 radical (unpaired) electrons. The Labute approximate surface area is 125 Å². The molecule has 1 atom stereocenters. The number of likely N-dealkylation sites (N-methyl/N-ethyl adjacent to an activating group) is 1.